The van der Waals surface area contributed by atoms with E-state index in [0.29, 0.717) is 5.76 Å². The number of hydrogen-bond acceptors (Lipinski definition) is 4. The van der Waals surface area contributed by atoms with Crippen LogP contribution in [0.5, 0.6) is 0 Å². The Labute approximate surface area is 176 Å². The largest absolute Gasteiger partial charge is 0.497 e. The van der Waals surface area contributed by atoms with E-state index in [1.165, 1.54) is 12.8 Å². The van der Waals surface area contributed by atoms with Crippen molar-refractivity contribution in [1.82, 2.24) is 9.80 Å². The Kier molecular flexibility index (Phi) is 7.23. The average Bonchev–Trinajstić information content (AvgIpc) is 3.53. The summed E-state index contributed by atoms with van der Waals surface area (Å²) >= 11 is 0. The van der Waals surface area contributed by atoms with Crippen molar-refractivity contribution in [1.29, 1.82) is 0 Å². The van der Waals surface area contributed by atoms with Crippen LogP contribution < -0.4 is 0 Å². The summed E-state index contributed by atoms with van der Waals surface area (Å²) in [4.78, 5) is 17.1. The molecule has 2 aliphatic carbocycles. The standard InChI is InChI=1S/C24H38N2O3/c1-5-7-21(29-4)10-11-23(27)25(3)20-12-14-24(28)19(16-20)13-15-26(22(24)6-2)17-18-8-9-18/h5,7,10-11,18-20,22,28H,1,6,8-9,12-17H2,2-4H3/b11-10+,21-7-. The van der Waals surface area contributed by atoms with Crippen LogP contribution in [0.1, 0.15) is 51.9 Å². The summed E-state index contributed by atoms with van der Waals surface area (Å²) in [6.07, 6.45) is 13.9. The van der Waals surface area contributed by atoms with Gasteiger partial charge < -0.3 is 14.7 Å². The molecule has 4 unspecified atom stereocenters. The van der Waals surface area contributed by atoms with Crippen LogP contribution in [-0.4, -0.2) is 65.7 Å². The minimum atomic E-state index is -0.603. The van der Waals surface area contributed by atoms with Crippen molar-refractivity contribution >= 4 is 5.91 Å². The van der Waals surface area contributed by atoms with Gasteiger partial charge in [-0.15, -0.1) is 0 Å². The Morgan fingerprint density at radius 2 is 2.07 bits per heavy atom. The molecule has 4 atom stereocenters. The summed E-state index contributed by atoms with van der Waals surface area (Å²) in [5.41, 5.74) is -0.603. The highest BCUT2D eigenvalue weighted by Gasteiger charge is 2.52. The number of methoxy groups -OCH3 is 1. The first-order chi connectivity index (χ1) is 13.9. The molecule has 1 aliphatic heterocycles. The molecule has 0 radical (unpaired) electrons. The van der Waals surface area contributed by atoms with Gasteiger partial charge in [0.1, 0.15) is 5.76 Å². The van der Waals surface area contributed by atoms with Crippen LogP contribution in [0.2, 0.25) is 0 Å². The number of amides is 1. The number of piperidine rings is 1. The molecular weight excluding hydrogens is 364 g/mol. The minimum Gasteiger partial charge on any atom is -0.497 e. The molecule has 1 amide bonds. The molecule has 3 fully saturated rings. The van der Waals surface area contributed by atoms with Crippen LogP contribution in [0, 0.1) is 11.8 Å². The summed E-state index contributed by atoms with van der Waals surface area (Å²) in [5.74, 6) is 1.71. The van der Waals surface area contributed by atoms with E-state index in [4.69, 9.17) is 4.74 Å². The maximum atomic E-state index is 12.7. The van der Waals surface area contributed by atoms with Gasteiger partial charge in [-0.2, -0.15) is 0 Å². The highest BCUT2D eigenvalue weighted by molar-refractivity contribution is 5.88. The molecule has 5 nitrogen and oxygen atoms in total. The molecule has 0 spiro atoms. The maximum Gasteiger partial charge on any atom is 0.246 e. The molecule has 5 heteroatoms. The molecular formula is C24H38N2O3. The number of likely N-dealkylation sites (N-methyl/N-ethyl adjacent to an activating group) is 1. The van der Waals surface area contributed by atoms with Gasteiger partial charge in [0.05, 0.1) is 12.7 Å². The fourth-order valence-corrected chi connectivity index (χ4v) is 5.43. The molecule has 1 saturated heterocycles. The van der Waals surface area contributed by atoms with Gasteiger partial charge in [-0.3, -0.25) is 9.69 Å². The van der Waals surface area contributed by atoms with Crippen LogP contribution in [0.3, 0.4) is 0 Å². The highest BCUT2D eigenvalue weighted by atomic mass is 16.5. The zero-order chi connectivity index (χ0) is 21.0. The lowest BCUT2D eigenvalue weighted by Gasteiger charge is -2.55. The second-order valence-corrected chi connectivity index (χ2v) is 9.06. The topological polar surface area (TPSA) is 53.0 Å². The molecule has 162 valence electrons. The number of carbonyl (C=O) groups is 1. The van der Waals surface area contributed by atoms with Crippen molar-refractivity contribution in [2.45, 2.75) is 69.6 Å². The summed E-state index contributed by atoms with van der Waals surface area (Å²) in [6, 6.07) is 0.441. The first-order valence-electron chi connectivity index (χ1n) is 11.2. The van der Waals surface area contributed by atoms with Crippen molar-refractivity contribution in [3.63, 3.8) is 0 Å². The number of ether oxygens (including phenoxy) is 1. The van der Waals surface area contributed by atoms with Crippen molar-refractivity contribution in [2.75, 3.05) is 27.2 Å². The van der Waals surface area contributed by atoms with Gasteiger partial charge in [0.15, 0.2) is 0 Å². The number of likely N-dealkylation sites (tertiary alicyclic amines) is 1. The Morgan fingerprint density at radius 3 is 2.69 bits per heavy atom. The van der Waals surface area contributed by atoms with Gasteiger partial charge in [0.2, 0.25) is 5.91 Å². The molecule has 0 aromatic rings. The predicted molar refractivity (Wildman–Crippen MR) is 116 cm³/mol. The molecule has 1 heterocycles. The average molecular weight is 403 g/mol. The van der Waals surface area contributed by atoms with Gasteiger partial charge >= 0.3 is 0 Å². The van der Waals surface area contributed by atoms with E-state index >= 15 is 0 Å². The number of aliphatic hydroxyl groups is 1. The van der Waals surface area contributed by atoms with E-state index in [1.807, 2.05) is 11.9 Å². The minimum absolute atomic E-state index is 0.0225. The van der Waals surface area contributed by atoms with Crippen LogP contribution in [-0.2, 0) is 9.53 Å². The SMILES string of the molecule is C=C/C=C(/C=C/C(=O)N(C)C1CCC2(O)C(CCN(CC3CC3)C2CC)C1)OC. The molecule has 2 saturated carbocycles. The van der Waals surface area contributed by atoms with Crippen LogP contribution in [0.25, 0.3) is 0 Å². The smallest absolute Gasteiger partial charge is 0.246 e. The number of hydrogen-bond donors (Lipinski definition) is 1. The van der Waals surface area contributed by atoms with Crippen LogP contribution >= 0.6 is 0 Å². The van der Waals surface area contributed by atoms with E-state index in [2.05, 4.69) is 18.4 Å². The number of carbonyl (C=O) groups excluding carboxylic acids is 1. The van der Waals surface area contributed by atoms with E-state index in [0.717, 1.165) is 51.1 Å². The summed E-state index contributed by atoms with van der Waals surface area (Å²) < 4.78 is 5.21. The zero-order valence-corrected chi connectivity index (χ0v) is 18.3. The summed E-state index contributed by atoms with van der Waals surface area (Å²) in [7, 11) is 3.46. The first-order valence-corrected chi connectivity index (χ1v) is 11.2. The number of fused-ring (bicyclic) bond motifs is 1. The van der Waals surface area contributed by atoms with Gasteiger partial charge in [-0.25, -0.2) is 0 Å². The van der Waals surface area contributed by atoms with E-state index in [9.17, 15) is 9.90 Å². The van der Waals surface area contributed by atoms with E-state index < -0.39 is 5.60 Å². The van der Waals surface area contributed by atoms with E-state index in [-0.39, 0.29) is 23.9 Å². The normalized spacial score (nSPS) is 33.4. The third-order valence-corrected chi connectivity index (χ3v) is 7.30. The number of allylic oxidation sites excluding steroid dienone is 3. The maximum absolute atomic E-state index is 12.7. The van der Waals surface area contributed by atoms with Gasteiger partial charge in [0.25, 0.3) is 0 Å². The molecule has 1 N–H and O–H groups in total. The second-order valence-electron chi connectivity index (χ2n) is 9.06. The van der Waals surface area contributed by atoms with Crippen molar-refractivity contribution in [3.8, 4) is 0 Å². The quantitative estimate of drug-likeness (QED) is 0.383. The molecule has 3 rings (SSSR count). The van der Waals surface area contributed by atoms with Gasteiger partial charge in [-0.1, -0.05) is 19.6 Å². The fraction of sp³-hybridized carbons (Fsp3) is 0.708. The monoisotopic (exact) mass is 402 g/mol. The summed E-state index contributed by atoms with van der Waals surface area (Å²) in [5, 5.41) is 11.7. The van der Waals surface area contributed by atoms with Gasteiger partial charge in [0, 0.05) is 31.8 Å². The van der Waals surface area contributed by atoms with E-state index in [1.54, 1.807) is 31.4 Å². The van der Waals surface area contributed by atoms with Crippen molar-refractivity contribution < 1.29 is 14.6 Å². The van der Waals surface area contributed by atoms with Crippen LogP contribution in [0.4, 0.5) is 0 Å². The predicted octanol–water partition coefficient (Wildman–Crippen LogP) is 3.51. The van der Waals surface area contributed by atoms with Crippen molar-refractivity contribution in [3.05, 3.63) is 36.6 Å². The number of rotatable bonds is 8. The Hall–Kier alpha value is -1.59. The Morgan fingerprint density at radius 1 is 1.31 bits per heavy atom. The third-order valence-electron chi connectivity index (χ3n) is 7.30. The third kappa shape index (κ3) is 4.95. The lowest BCUT2D eigenvalue weighted by atomic mass is 9.65. The molecule has 3 aliphatic rings. The van der Waals surface area contributed by atoms with Crippen molar-refractivity contribution in [2.24, 2.45) is 11.8 Å². The lowest BCUT2D eigenvalue weighted by molar-refractivity contribution is -0.156. The fourth-order valence-electron chi connectivity index (χ4n) is 5.43. The first kappa shape index (κ1) is 22.1. The number of nitrogens with zero attached hydrogens (tertiary/aromatic N) is 2. The van der Waals surface area contributed by atoms with Gasteiger partial charge in [-0.05, 0) is 75.5 Å². The lowest BCUT2D eigenvalue weighted by Crippen LogP contribution is -2.64. The molecule has 0 aromatic carbocycles. The Bertz CT molecular complexity index is 655. The molecule has 29 heavy (non-hydrogen) atoms. The second kappa shape index (κ2) is 9.48. The zero-order valence-electron chi connectivity index (χ0n) is 18.3. The Balaban J connectivity index is 1.62. The highest BCUT2D eigenvalue weighted by Crippen LogP contribution is 2.46. The van der Waals surface area contributed by atoms with Crippen LogP contribution in [0.15, 0.2) is 36.6 Å². The molecule has 0 aromatic heterocycles. The summed E-state index contributed by atoms with van der Waals surface area (Å²) in [6.45, 7) is 8.10. The molecule has 0 bridgehead atoms.